The van der Waals surface area contributed by atoms with Crippen molar-refractivity contribution in [3.63, 3.8) is 0 Å². The van der Waals surface area contributed by atoms with E-state index in [0.717, 1.165) is 30.2 Å². The summed E-state index contributed by atoms with van der Waals surface area (Å²) in [6.07, 6.45) is 5.17. The van der Waals surface area contributed by atoms with Crippen LogP contribution in [0.5, 0.6) is 0 Å². The molecule has 1 fully saturated rings. The van der Waals surface area contributed by atoms with E-state index in [0.29, 0.717) is 19.6 Å². The van der Waals surface area contributed by atoms with E-state index >= 15 is 0 Å². The average Bonchev–Trinajstić information content (AvgIpc) is 2.66. The van der Waals surface area contributed by atoms with E-state index < -0.39 is 5.60 Å². The summed E-state index contributed by atoms with van der Waals surface area (Å²) in [4.78, 5) is 24.9. The van der Waals surface area contributed by atoms with Crippen molar-refractivity contribution in [3.05, 3.63) is 48.5 Å². The van der Waals surface area contributed by atoms with E-state index in [1.807, 2.05) is 51.2 Å². The Hall–Kier alpha value is -2.83. The number of nitrogens with one attached hydrogen (secondary N) is 1. The minimum atomic E-state index is -0.470. The third-order valence-corrected chi connectivity index (χ3v) is 4.26. The van der Waals surface area contributed by atoms with Gasteiger partial charge in [0.2, 0.25) is 0 Å². The third-order valence-electron chi connectivity index (χ3n) is 4.26. The predicted molar refractivity (Wildman–Crippen MR) is 106 cm³/mol. The Labute approximate surface area is 160 Å². The fourth-order valence-electron chi connectivity index (χ4n) is 2.94. The van der Waals surface area contributed by atoms with Crippen molar-refractivity contribution in [2.24, 2.45) is 0 Å². The fourth-order valence-corrected chi connectivity index (χ4v) is 2.94. The Morgan fingerprint density at radius 3 is 2.59 bits per heavy atom. The molecule has 7 heteroatoms. The molecule has 144 valence electrons. The zero-order chi connectivity index (χ0) is 19.3. The zero-order valence-electron chi connectivity index (χ0n) is 16.2. The van der Waals surface area contributed by atoms with Crippen LogP contribution in [0.2, 0.25) is 0 Å². The van der Waals surface area contributed by atoms with Crippen LogP contribution in [-0.4, -0.2) is 52.7 Å². The van der Waals surface area contributed by atoms with Gasteiger partial charge in [0.15, 0.2) is 0 Å². The number of ether oxygens (including phenoxy) is 1. The Bertz CT molecular complexity index is 752. The fraction of sp³-hybridized carbons (Fsp3) is 0.450. The highest BCUT2D eigenvalue weighted by Crippen LogP contribution is 2.26. The summed E-state index contributed by atoms with van der Waals surface area (Å²) in [7, 11) is 0. The molecule has 0 atom stereocenters. The zero-order valence-corrected chi connectivity index (χ0v) is 16.2. The van der Waals surface area contributed by atoms with E-state index in [9.17, 15) is 4.79 Å². The van der Waals surface area contributed by atoms with Crippen LogP contribution < -0.4 is 10.2 Å². The highest BCUT2D eigenvalue weighted by Gasteiger charge is 2.26. The molecule has 7 nitrogen and oxygen atoms in total. The molecule has 1 aliphatic rings. The first kappa shape index (κ1) is 18.9. The van der Waals surface area contributed by atoms with Gasteiger partial charge in [-0.1, -0.05) is 6.07 Å². The maximum Gasteiger partial charge on any atom is 0.410 e. The molecule has 2 aromatic rings. The van der Waals surface area contributed by atoms with E-state index in [1.54, 1.807) is 17.3 Å². The number of aromatic nitrogens is 2. The number of pyridine rings is 2. The average molecular weight is 369 g/mol. The summed E-state index contributed by atoms with van der Waals surface area (Å²) in [5.41, 5.74) is 2.56. The van der Waals surface area contributed by atoms with Crippen LogP contribution in [0.25, 0.3) is 0 Å². The number of hydrogen-bond donors (Lipinski definition) is 1. The summed E-state index contributed by atoms with van der Waals surface area (Å²) < 4.78 is 5.47. The number of nitrogens with zero attached hydrogens (tertiary/aromatic N) is 4. The largest absolute Gasteiger partial charge is 0.444 e. The summed E-state index contributed by atoms with van der Waals surface area (Å²) in [6, 6.07) is 7.87. The summed E-state index contributed by atoms with van der Waals surface area (Å²) in [5.74, 6) is 0. The smallest absolute Gasteiger partial charge is 0.410 e. The monoisotopic (exact) mass is 369 g/mol. The summed E-state index contributed by atoms with van der Waals surface area (Å²) >= 11 is 0. The molecule has 1 N–H and O–H groups in total. The maximum atomic E-state index is 12.2. The molecule has 1 aliphatic heterocycles. The SMILES string of the molecule is CC(C)(C)OC(=O)N1CCN(c2ccncc2NCc2ccccn2)CC1. The standard InChI is InChI=1S/C20H27N5O2/c1-20(2,3)27-19(26)25-12-10-24(11-13-25)18-7-9-21-15-17(18)23-14-16-6-4-5-8-22-16/h4-9,15,23H,10-14H2,1-3H3. The first-order valence-corrected chi connectivity index (χ1v) is 9.23. The molecule has 1 amide bonds. The molecule has 0 spiro atoms. The van der Waals surface area contributed by atoms with Crippen LogP contribution in [0.4, 0.5) is 16.2 Å². The highest BCUT2D eigenvalue weighted by molar-refractivity contribution is 5.71. The normalized spacial score (nSPS) is 14.8. The molecule has 0 saturated carbocycles. The van der Waals surface area contributed by atoms with Gasteiger partial charge in [0.25, 0.3) is 0 Å². The Kier molecular flexibility index (Phi) is 5.78. The number of rotatable bonds is 4. The van der Waals surface area contributed by atoms with Crippen LogP contribution in [0, 0.1) is 0 Å². The number of hydrogen-bond acceptors (Lipinski definition) is 6. The van der Waals surface area contributed by atoms with Crippen LogP contribution in [0.3, 0.4) is 0 Å². The second-order valence-electron chi connectivity index (χ2n) is 7.52. The molecule has 2 aromatic heterocycles. The van der Waals surface area contributed by atoms with Crippen molar-refractivity contribution in [1.29, 1.82) is 0 Å². The van der Waals surface area contributed by atoms with Crippen molar-refractivity contribution < 1.29 is 9.53 Å². The van der Waals surface area contributed by atoms with E-state index in [1.165, 1.54) is 0 Å². The molecule has 27 heavy (non-hydrogen) atoms. The Morgan fingerprint density at radius 1 is 1.15 bits per heavy atom. The molecule has 1 saturated heterocycles. The van der Waals surface area contributed by atoms with Gasteiger partial charge < -0.3 is 19.9 Å². The van der Waals surface area contributed by atoms with E-state index in [4.69, 9.17) is 4.74 Å². The second kappa shape index (κ2) is 8.24. The van der Waals surface area contributed by atoms with Crippen molar-refractivity contribution in [3.8, 4) is 0 Å². The predicted octanol–water partition coefficient (Wildman–Crippen LogP) is 3.15. The van der Waals surface area contributed by atoms with Gasteiger partial charge in [0.05, 0.1) is 29.8 Å². The van der Waals surface area contributed by atoms with Crippen LogP contribution in [-0.2, 0) is 11.3 Å². The first-order valence-electron chi connectivity index (χ1n) is 9.23. The van der Waals surface area contributed by atoms with Crippen LogP contribution in [0.1, 0.15) is 26.5 Å². The van der Waals surface area contributed by atoms with Gasteiger partial charge in [-0.2, -0.15) is 0 Å². The van der Waals surface area contributed by atoms with Crippen molar-refractivity contribution in [2.75, 3.05) is 36.4 Å². The van der Waals surface area contributed by atoms with Crippen LogP contribution >= 0.6 is 0 Å². The molecule has 0 aliphatic carbocycles. The Morgan fingerprint density at radius 2 is 1.93 bits per heavy atom. The number of anilines is 2. The van der Waals surface area contributed by atoms with Gasteiger partial charge in [-0.3, -0.25) is 9.97 Å². The number of carbonyl (C=O) groups excluding carboxylic acids is 1. The van der Waals surface area contributed by atoms with Crippen molar-refractivity contribution in [1.82, 2.24) is 14.9 Å². The number of amides is 1. The van der Waals surface area contributed by atoms with Gasteiger partial charge in [-0.25, -0.2) is 4.79 Å². The first-order chi connectivity index (χ1) is 12.9. The minimum Gasteiger partial charge on any atom is -0.444 e. The molecular formula is C20H27N5O2. The van der Waals surface area contributed by atoms with E-state index in [2.05, 4.69) is 20.2 Å². The molecule has 0 bridgehead atoms. The molecule has 0 aromatic carbocycles. The lowest BCUT2D eigenvalue weighted by molar-refractivity contribution is 0.0240. The molecule has 0 radical (unpaired) electrons. The van der Waals surface area contributed by atoms with Gasteiger partial charge >= 0.3 is 6.09 Å². The number of carbonyl (C=O) groups is 1. The lowest BCUT2D eigenvalue weighted by atomic mass is 10.2. The molecule has 0 unspecified atom stereocenters. The Balaban J connectivity index is 1.60. The molecule has 3 heterocycles. The van der Waals surface area contributed by atoms with Crippen molar-refractivity contribution >= 4 is 17.5 Å². The highest BCUT2D eigenvalue weighted by atomic mass is 16.6. The third kappa shape index (κ3) is 5.32. The molecular weight excluding hydrogens is 342 g/mol. The molecule has 3 rings (SSSR count). The lowest BCUT2D eigenvalue weighted by Crippen LogP contribution is -2.50. The van der Waals surface area contributed by atoms with Crippen LogP contribution in [0.15, 0.2) is 42.9 Å². The maximum absolute atomic E-state index is 12.2. The van der Waals surface area contributed by atoms with E-state index in [-0.39, 0.29) is 6.09 Å². The quantitative estimate of drug-likeness (QED) is 0.893. The summed E-state index contributed by atoms with van der Waals surface area (Å²) in [5, 5.41) is 3.42. The van der Waals surface area contributed by atoms with Gasteiger partial charge in [-0.05, 0) is 39.0 Å². The van der Waals surface area contributed by atoms with Gasteiger partial charge in [0.1, 0.15) is 5.60 Å². The van der Waals surface area contributed by atoms with Gasteiger partial charge in [-0.15, -0.1) is 0 Å². The second-order valence-corrected chi connectivity index (χ2v) is 7.52. The van der Waals surface area contributed by atoms with Gasteiger partial charge in [0, 0.05) is 38.6 Å². The van der Waals surface area contributed by atoms with Crippen molar-refractivity contribution in [2.45, 2.75) is 32.9 Å². The minimum absolute atomic E-state index is 0.245. The topological polar surface area (TPSA) is 70.6 Å². The lowest BCUT2D eigenvalue weighted by Gasteiger charge is -2.37. The number of piperazine rings is 1. The summed E-state index contributed by atoms with van der Waals surface area (Å²) in [6.45, 7) is 9.07.